The van der Waals surface area contributed by atoms with Crippen LogP contribution >= 0.6 is 12.2 Å². The van der Waals surface area contributed by atoms with Crippen LogP contribution in [0, 0.1) is 10.6 Å². The fourth-order valence-electron chi connectivity index (χ4n) is 3.16. The molecule has 1 N–H and O–H groups in total. The number of aromatic nitrogens is 4. The SMILES string of the molecule is COc1ccc(C[NH+](Cn2nnn(-c3cccc(F)c3)c2=S)C2CC2)cc1. The Morgan fingerprint density at radius 1 is 1.19 bits per heavy atom. The first-order valence-electron chi connectivity index (χ1n) is 8.90. The highest BCUT2D eigenvalue weighted by Gasteiger charge is 2.34. The third-order valence-electron chi connectivity index (χ3n) is 4.79. The van der Waals surface area contributed by atoms with Gasteiger partial charge in [0.25, 0.3) is 0 Å². The summed E-state index contributed by atoms with van der Waals surface area (Å²) in [6, 6.07) is 14.9. The topological polar surface area (TPSA) is 49.3 Å². The maximum atomic E-state index is 13.5. The van der Waals surface area contributed by atoms with Gasteiger partial charge in [-0.1, -0.05) is 6.07 Å². The van der Waals surface area contributed by atoms with Crippen LogP contribution in [-0.4, -0.2) is 32.9 Å². The Morgan fingerprint density at radius 2 is 1.96 bits per heavy atom. The van der Waals surface area contributed by atoms with Crippen LogP contribution in [0.25, 0.3) is 5.69 Å². The van der Waals surface area contributed by atoms with Crippen molar-refractivity contribution >= 4 is 12.2 Å². The summed E-state index contributed by atoms with van der Waals surface area (Å²) >= 11 is 5.52. The lowest BCUT2D eigenvalue weighted by Crippen LogP contribution is -3.11. The smallest absolute Gasteiger partial charge is 0.225 e. The quantitative estimate of drug-likeness (QED) is 0.632. The number of hydrogen-bond acceptors (Lipinski definition) is 4. The van der Waals surface area contributed by atoms with E-state index in [0.29, 0.717) is 23.2 Å². The minimum Gasteiger partial charge on any atom is -0.497 e. The Hall–Kier alpha value is -2.58. The van der Waals surface area contributed by atoms with Crippen molar-refractivity contribution in [2.24, 2.45) is 0 Å². The second-order valence-corrected chi connectivity index (χ2v) is 7.13. The minimum atomic E-state index is -0.325. The van der Waals surface area contributed by atoms with Gasteiger partial charge in [0.05, 0.1) is 18.8 Å². The molecule has 1 atom stereocenters. The molecule has 0 spiro atoms. The molecule has 0 saturated heterocycles. The normalized spacial score (nSPS) is 14.9. The second kappa shape index (κ2) is 7.58. The first-order chi connectivity index (χ1) is 13.1. The summed E-state index contributed by atoms with van der Waals surface area (Å²) in [5, 5.41) is 8.32. The van der Waals surface area contributed by atoms with Crippen LogP contribution in [0.15, 0.2) is 48.5 Å². The van der Waals surface area contributed by atoms with Gasteiger partial charge in [0.15, 0.2) is 6.67 Å². The van der Waals surface area contributed by atoms with Crippen LogP contribution < -0.4 is 9.64 Å². The molecule has 140 valence electrons. The van der Waals surface area contributed by atoms with Crippen molar-refractivity contribution in [2.75, 3.05) is 7.11 Å². The number of hydrogen-bond donors (Lipinski definition) is 1. The lowest BCUT2D eigenvalue weighted by Gasteiger charge is -2.18. The monoisotopic (exact) mass is 386 g/mol. The number of methoxy groups -OCH3 is 1. The van der Waals surface area contributed by atoms with E-state index in [9.17, 15) is 4.39 Å². The molecule has 1 aliphatic rings. The van der Waals surface area contributed by atoms with E-state index >= 15 is 0 Å². The zero-order valence-electron chi connectivity index (χ0n) is 15.0. The molecule has 0 amide bonds. The van der Waals surface area contributed by atoms with Gasteiger partial charge >= 0.3 is 0 Å². The Labute approximate surface area is 161 Å². The molecular formula is C19H21FN5OS+. The fraction of sp³-hybridized carbons (Fsp3) is 0.316. The van der Waals surface area contributed by atoms with E-state index in [4.69, 9.17) is 17.0 Å². The molecule has 1 aromatic heterocycles. The van der Waals surface area contributed by atoms with Gasteiger partial charge in [0.1, 0.15) is 18.1 Å². The number of nitrogens with zero attached hydrogens (tertiary/aromatic N) is 4. The van der Waals surface area contributed by atoms with Crippen LogP contribution in [0.3, 0.4) is 0 Å². The van der Waals surface area contributed by atoms with Crippen LogP contribution in [0.5, 0.6) is 5.75 Å². The van der Waals surface area contributed by atoms with Crippen LogP contribution in [-0.2, 0) is 13.2 Å². The third-order valence-corrected chi connectivity index (χ3v) is 5.17. The van der Waals surface area contributed by atoms with Crippen LogP contribution in [0.2, 0.25) is 0 Å². The van der Waals surface area contributed by atoms with E-state index in [2.05, 4.69) is 22.6 Å². The molecule has 4 rings (SSSR count). The van der Waals surface area contributed by atoms with Crippen molar-refractivity contribution in [3.05, 3.63) is 64.7 Å². The molecule has 0 radical (unpaired) electrons. The van der Waals surface area contributed by atoms with Crippen molar-refractivity contribution in [3.63, 3.8) is 0 Å². The Balaban J connectivity index is 1.53. The van der Waals surface area contributed by atoms with E-state index in [1.165, 1.54) is 40.1 Å². The van der Waals surface area contributed by atoms with E-state index in [0.717, 1.165) is 12.3 Å². The predicted molar refractivity (Wildman–Crippen MR) is 101 cm³/mol. The molecule has 0 aliphatic heterocycles. The van der Waals surface area contributed by atoms with E-state index < -0.39 is 0 Å². The molecule has 2 aromatic carbocycles. The van der Waals surface area contributed by atoms with Crippen molar-refractivity contribution in [1.29, 1.82) is 0 Å². The van der Waals surface area contributed by atoms with Crippen LogP contribution in [0.4, 0.5) is 4.39 Å². The summed E-state index contributed by atoms with van der Waals surface area (Å²) < 4.78 is 22.4. The number of benzene rings is 2. The molecule has 27 heavy (non-hydrogen) atoms. The van der Waals surface area contributed by atoms with Crippen molar-refractivity contribution in [2.45, 2.75) is 32.1 Å². The predicted octanol–water partition coefficient (Wildman–Crippen LogP) is 2.15. The molecular weight excluding hydrogens is 365 g/mol. The number of halogens is 1. The Bertz CT molecular complexity index is 980. The van der Waals surface area contributed by atoms with Gasteiger partial charge in [-0.3, -0.25) is 0 Å². The molecule has 1 aliphatic carbocycles. The number of tetrazole rings is 1. The molecule has 1 saturated carbocycles. The van der Waals surface area contributed by atoms with Crippen molar-refractivity contribution in [3.8, 4) is 11.4 Å². The highest BCUT2D eigenvalue weighted by atomic mass is 32.1. The number of rotatable bonds is 7. The summed E-state index contributed by atoms with van der Waals surface area (Å²) in [5.41, 5.74) is 1.82. The minimum absolute atomic E-state index is 0.325. The highest BCUT2D eigenvalue weighted by molar-refractivity contribution is 7.71. The summed E-state index contributed by atoms with van der Waals surface area (Å²) in [6.45, 7) is 1.51. The maximum Gasteiger partial charge on any atom is 0.225 e. The fourth-order valence-corrected chi connectivity index (χ4v) is 3.41. The van der Waals surface area contributed by atoms with E-state index in [1.54, 1.807) is 23.9 Å². The van der Waals surface area contributed by atoms with Gasteiger partial charge in [-0.25, -0.2) is 4.39 Å². The molecule has 3 aromatic rings. The first-order valence-corrected chi connectivity index (χ1v) is 9.31. The molecule has 0 bridgehead atoms. The van der Waals surface area contributed by atoms with Gasteiger partial charge in [0, 0.05) is 18.4 Å². The standard InChI is InChI=1S/C19H20FN5OS/c1-26-18-9-5-14(6-10-18)12-23(16-7-8-16)13-24-19(27)25(22-21-24)17-4-2-3-15(20)11-17/h2-6,9-11,16H,7-8,12-13H2,1H3/p+1. The molecule has 1 fully saturated rings. The van der Waals surface area contributed by atoms with E-state index in [1.807, 2.05) is 12.1 Å². The molecule has 8 heteroatoms. The van der Waals surface area contributed by atoms with Gasteiger partial charge in [-0.15, -0.1) is 0 Å². The number of ether oxygens (including phenoxy) is 1. The molecule has 1 unspecified atom stereocenters. The summed E-state index contributed by atoms with van der Waals surface area (Å²) in [4.78, 5) is 1.39. The van der Waals surface area contributed by atoms with Crippen LogP contribution in [0.1, 0.15) is 18.4 Å². The Kier molecular flexibility index (Phi) is 5.00. The third kappa shape index (κ3) is 4.06. The lowest BCUT2D eigenvalue weighted by molar-refractivity contribution is -0.947. The first kappa shape index (κ1) is 17.8. The van der Waals surface area contributed by atoms with Gasteiger partial charge in [0.2, 0.25) is 4.77 Å². The molecule has 6 nitrogen and oxygen atoms in total. The zero-order chi connectivity index (χ0) is 18.8. The van der Waals surface area contributed by atoms with E-state index in [-0.39, 0.29) is 5.82 Å². The van der Waals surface area contributed by atoms with Gasteiger partial charge in [-0.05, 0) is 65.1 Å². The average molecular weight is 386 g/mol. The van der Waals surface area contributed by atoms with Gasteiger partial charge < -0.3 is 9.64 Å². The zero-order valence-corrected chi connectivity index (χ0v) is 15.8. The Morgan fingerprint density at radius 3 is 2.63 bits per heavy atom. The second-order valence-electron chi connectivity index (χ2n) is 6.77. The number of quaternary nitrogens is 1. The molecule has 1 heterocycles. The largest absolute Gasteiger partial charge is 0.497 e. The summed E-state index contributed by atoms with van der Waals surface area (Å²) in [7, 11) is 1.67. The lowest BCUT2D eigenvalue weighted by atomic mass is 10.2. The highest BCUT2D eigenvalue weighted by Crippen LogP contribution is 2.17. The van der Waals surface area contributed by atoms with Crippen molar-refractivity contribution < 1.29 is 14.0 Å². The summed E-state index contributed by atoms with van der Waals surface area (Å²) in [5.74, 6) is 0.528. The average Bonchev–Trinajstić information content (AvgIpc) is 3.46. The van der Waals surface area contributed by atoms with Gasteiger partial charge in [-0.2, -0.15) is 9.36 Å². The van der Waals surface area contributed by atoms with Crippen molar-refractivity contribution in [1.82, 2.24) is 19.8 Å². The number of nitrogens with one attached hydrogen (secondary N) is 1. The summed E-state index contributed by atoms with van der Waals surface area (Å²) in [6.07, 6.45) is 2.41. The maximum absolute atomic E-state index is 13.5.